The van der Waals surface area contributed by atoms with Crippen LogP contribution in [0.1, 0.15) is 20.1 Å². The molecule has 0 bridgehead atoms. The zero-order valence-electron chi connectivity index (χ0n) is 12.6. The molecule has 8 nitrogen and oxygen atoms in total. The highest BCUT2D eigenvalue weighted by atomic mass is 19.2. The van der Waals surface area contributed by atoms with Gasteiger partial charge in [0.15, 0.2) is 17.4 Å². The number of imidazole rings is 1. The Labute approximate surface area is 130 Å². The van der Waals surface area contributed by atoms with Crippen LogP contribution in [0.15, 0.2) is 11.1 Å². The highest BCUT2D eigenvalue weighted by Gasteiger charge is 2.60. The summed E-state index contributed by atoms with van der Waals surface area (Å²) in [6.07, 6.45) is 5.90. The fourth-order valence-corrected chi connectivity index (χ4v) is 2.90. The van der Waals surface area contributed by atoms with Gasteiger partial charge < -0.3 is 15.6 Å². The number of fused-ring (bicyclic) bond motifs is 1. The molecule has 1 saturated heterocycles. The van der Waals surface area contributed by atoms with Gasteiger partial charge in [0.1, 0.15) is 6.61 Å². The Balaban J connectivity index is 2.22. The topological polar surface area (TPSA) is 119 Å². The molecule has 0 aromatic carbocycles. The van der Waals surface area contributed by atoms with Crippen LogP contribution in [0, 0.1) is 23.7 Å². The highest BCUT2D eigenvalue weighted by Crippen LogP contribution is 2.54. The van der Waals surface area contributed by atoms with Crippen LogP contribution in [0.4, 0.5) is 10.3 Å². The molecule has 3 heterocycles. The van der Waals surface area contributed by atoms with Crippen LogP contribution in [0.3, 0.4) is 0 Å². The summed E-state index contributed by atoms with van der Waals surface area (Å²) >= 11 is 0. The first-order valence-electron chi connectivity index (χ1n) is 6.94. The number of aliphatic hydroxyl groups excluding tert-OH is 1. The van der Waals surface area contributed by atoms with Gasteiger partial charge in [-0.3, -0.25) is 14.3 Å². The summed E-state index contributed by atoms with van der Waals surface area (Å²) in [6.45, 7) is 2.36. The van der Waals surface area contributed by atoms with E-state index in [1.165, 1.54) is 10.9 Å². The molecule has 3 rings (SSSR count). The van der Waals surface area contributed by atoms with Gasteiger partial charge in [0.2, 0.25) is 11.8 Å². The average Bonchev–Trinajstić information content (AvgIpc) is 3.01. The van der Waals surface area contributed by atoms with Gasteiger partial charge in [-0.2, -0.15) is 4.98 Å². The second-order valence-corrected chi connectivity index (χ2v) is 5.84. The molecule has 0 aliphatic carbocycles. The minimum Gasteiger partial charge on any atom is -0.390 e. The third-order valence-corrected chi connectivity index (χ3v) is 4.60. The molecule has 4 N–H and O–H groups in total. The molecule has 4 atom stereocenters. The number of alkyl halides is 1. The molecule has 9 heteroatoms. The number of nitrogens with one attached hydrogen (secondary N) is 1. The lowest BCUT2D eigenvalue weighted by Gasteiger charge is -2.28. The normalized spacial score (nSPS) is 33.9. The third-order valence-electron chi connectivity index (χ3n) is 4.60. The standard InChI is InChI=1S/C14H16FN5O3/c1-4-13(3)7(2)14(15,5-21)23-11(13)20-6-17-8-9(20)18-12(16)19-10(8)22/h1,6-7,11,21H,5H2,2-3H3,(H3,16,18,19,22). The molecule has 1 fully saturated rings. The summed E-state index contributed by atoms with van der Waals surface area (Å²) in [6, 6.07) is 0. The minimum atomic E-state index is -2.31. The Hall–Kier alpha value is -2.44. The molecule has 1 aliphatic heterocycles. The average molecular weight is 321 g/mol. The van der Waals surface area contributed by atoms with Crippen LogP contribution in [-0.4, -0.2) is 37.1 Å². The fourth-order valence-electron chi connectivity index (χ4n) is 2.90. The van der Waals surface area contributed by atoms with Crippen LogP contribution in [-0.2, 0) is 4.74 Å². The zero-order chi connectivity index (χ0) is 17.0. The first-order valence-corrected chi connectivity index (χ1v) is 6.94. The Bertz CT molecular complexity index is 871. The largest absolute Gasteiger partial charge is 0.390 e. The number of rotatable bonds is 2. The number of hydrogen-bond acceptors (Lipinski definition) is 6. The molecule has 122 valence electrons. The van der Waals surface area contributed by atoms with Crippen molar-refractivity contribution in [3.8, 4) is 12.3 Å². The molecule has 4 unspecified atom stereocenters. The predicted octanol–water partition coefficient (Wildman–Crippen LogP) is 0.164. The van der Waals surface area contributed by atoms with Gasteiger partial charge >= 0.3 is 0 Å². The van der Waals surface area contributed by atoms with E-state index in [-0.39, 0.29) is 17.1 Å². The summed E-state index contributed by atoms with van der Waals surface area (Å²) in [5.74, 6) is -0.673. The van der Waals surface area contributed by atoms with E-state index in [0.717, 1.165) is 0 Å². The number of aliphatic hydroxyl groups is 1. The molecule has 0 amide bonds. The molecule has 23 heavy (non-hydrogen) atoms. The molecule has 0 radical (unpaired) electrons. The number of terminal acetylenes is 1. The van der Waals surface area contributed by atoms with E-state index in [4.69, 9.17) is 16.9 Å². The van der Waals surface area contributed by atoms with Gasteiger partial charge in [0.25, 0.3) is 5.56 Å². The number of nitrogens with zero attached hydrogens (tertiary/aromatic N) is 3. The number of nitrogens with two attached hydrogens (primary N) is 1. The SMILES string of the molecule is C#CC1(C)C(n2cnc3c(=O)[nH]c(N)nc32)OC(F)(CO)C1C. The fraction of sp³-hybridized carbons (Fsp3) is 0.500. The summed E-state index contributed by atoms with van der Waals surface area (Å²) in [5.41, 5.74) is 4.11. The van der Waals surface area contributed by atoms with Crippen LogP contribution >= 0.6 is 0 Å². The molecule has 2 aromatic heterocycles. The number of nitrogen functional groups attached to an aromatic ring is 1. The summed E-state index contributed by atoms with van der Waals surface area (Å²) in [4.78, 5) is 22.2. The highest BCUT2D eigenvalue weighted by molar-refractivity contribution is 5.70. The second-order valence-electron chi connectivity index (χ2n) is 5.84. The van der Waals surface area contributed by atoms with Crippen molar-refractivity contribution in [3.05, 3.63) is 16.7 Å². The Kier molecular flexibility index (Phi) is 3.21. The van der Waals surface area contributed by atoms with Gasteiger partial charge in [-0.25, -0.2) is 9.37 Å². The predicted molar refractivity (Wildman–Crippen MR) is 79.7 cm³/mol. The molecule has 2 aromatic rings. The van der Waals surface area contributed by atoms with Crippen LogP contribution in [0.2, 0.25) is 0 Å². The third kappa shape index (κ3) is 1.95. The van der Waals surface area contributed by atoms with Crippen molar-refractivity contribution in [1.82, 2.24) is 19.5 Å². The number of aromatic amines is 1. The summed E-state index contributed by atoms with van der Waals surface area (Å²) in [7, 11) is 0. The van der Waals surface area contributed by atoms with Gasteiger partial charge in [-0.15, -0.1) is 6.42 Å². The second kappa shape index (κ2) is 4.78. The molecule has 0 saturated carbocycles. The molecule has 0 spiro atoms. The van der Waals surface area contributed by atoms with Crippen molar-refractivity contribution >= 4 is 17.1 Å². The maximum Gasteiger partial charge on any atom is 0.280 e. The first kappa shape index (κ1) is 15.5. The van der Waals surface area contributed by atoms with Crippen molar-refractivity contribution in [2.24, 2.45) is 11.3 Å². The summed E-state index contributed by atoms with van der Waals surface area (Å²) in [5, 5.41) is 9.36. The van der Waals surface area contributed by atoms with Gasteiger partial charge in [0.05, 0.1) is 11.7 Å². The zero-order valence-corrected chi connectivity index (χ0v) is 12.6. The minimum absolute atomic E-state index is 0.0372. The van der Waals surface area contributed by atoms with Gasteiger partial charge in [0, 0.05) is 5.92 Å². The Morgan fingerprint density at radius 3 is 3.00 bits per heavy atom. The van der Waals surface area contributed by atoms with E-state index < -0.39 is 35.6 Å². The quantitative estimate of drug-likeness (QED) is 0.678. The first-order chi connectivity index (χ1) is 10.8. The van der Waals surface area contributed by atoms with E-state index in [9.17, 15) is 14.3 Å². The van der Waals surface area contributed by atoms with E-state index in [0.29, 0.717) is 0 Å². The molecule has 1 aliphatic rings. The van der Waals surface area contributed by atoms with Gasteiger partial charge in [-0.05, 0) is 6.92 Å². The number of halogens is 1. The molecular weight excluding hydrogens is 305 g/mol. The number of hydrogen-bond donors (Lipinski definition) is 3. The lowest BCUT2D eigenvalue weighted by atomic mass is 9.76. The summed E-state index contributed by atoms with van der Waals surface area (Å²) < 4.78 is 21.6. The lowest BCUT2D eigenvalue weighted by Crippen LogP contribution is -2.37. The number of anilines is 1. The van der Waals surface area contributed by atoms with Crippen LogP contribution in [0.5, 0.6) is 0 Å². The number of aromatic nitrogens is 4. The van der Waals surface area contributed by atoms with Crippen LogP contribution in [0.25, 0.3) is 11.2 Å². The van der Waals surface area contributed by atoms with Crippen molar-refractivity contribution in [2.45, 2.75) is 25.9 Å². The molecular formula is C14H16FN5O3. The maximum atomic E-state index is 14.8. The van der Waals surface area contributed by atoms with E-state index in [1.807, 2.05) is 0 Å². The van der Waals surface area contributed by atoms with Crippen molar-refractivity contribution in [2.75, 3.05) is 12.3 Å². The van der Waals surface area contributed by atoms with Crippen LogP contribution < -0.4 is 11.3 Å². The van der Waals surface area contributed by atoms with Gasteiger partial charge in [-0.1, -0.05) is 12.8 Å². The maximum absolute atomic E-state index is 14.8. The number of ether oxygens (including phenoxy) is 1. The lowest BCUT2D eigenvalue weighted by molar-refractivity contribution is -0.191. The Morgan fingerprint density at radius 1 is 1.70 bits per heavy atom. The smallest absolute Gasteiger partial charge is 0.280 e. The monoisotopic (exact) mass is 321 g/mol. The van der Waals surface area contributed by atoms with E-state index >= 15 is 0 Å². The number of H-pyrrole nitrogens is 1. The van der Waals surface area contributed by atoms with Crippen molar-refractivity contribution in [3.63, 3.8) is 0 Å². The van der Waals surface area contributed by atoms with Crippen molar-refractivity contribution < 1.29 is 14.2 Å². The van der Waals surface area contributed by atoms with E-state index in [2.05, 4.69) is 20.9 Å². The van der Waals surface area contributed by atoms with E-state index in [1.54, 1.807) is 13.8 Å². The van der Waals surface area contributed by atoms with Crippen molar-refractivity contribution in [1.29, 1.82) is 0 Å². The Morgan fingerprint density at radius 2 is 2.39 bits per heavy atom.